The second kappa shape index (κ2) is 11.6. The Labute approximate surface area is 250 Å². The highest BCUT2D eigenvalue weighted by Crippen LogP contribution is 2.57. The highest BCUT2D eigenvalue weighted by atomic mass is 14.5. The Kier molecular flexibility index (Phi) is 8.34. The molecule has 5 rings (SSSR count). The monoisotopic (exact) mass is 542 g/mol. The van der Waals surface area contributed by atoms with Crippen molar-refractivity contribution in [1.82, 2.24) is 0 Å². The van der Waals surface area contributed by atoms with E-state index in [2.05, 4.69) is 128 Å². The van der Waals surface area contributed by atoms with Crippen molar-refractivity contribution in [2.24, 2.45) is 17.8 Å². The van der Waals surface area contributed by atoms with Crippen molar-refractivity contribution < 1.29 is 0 Å². The molecule has 1 fully saturated rings. The van der Waals surface area contributed by atoms with E-state index in [4.69, 9.17) is 6.58 Å². The molecular formula is C41H50. The molecule has 0 saturated heterocycles. The zero-order valence-electron chi connectivity index (χ0n) is 26.6. The summed E-state index contributed by atoms with van der Waals surface area (Å²) in [6.45, 7) is 25.5. The van der Waals surface area contributed by atoms with Gasteiger partial charge in [-0.25, -0.2) is 0 Å². The van der Waals surface area contributed by atoms with E-state index < -0.39 is 0 Å². The average molecular weight is 543 g/mol. The maximum Gasteiger partial charge on any atom is 0.0123 e. The van der Waals surface area contributed by atoms with Crippen molar-refractivity contribution in [3.8, 4) is 0 Å². The maximum atomic E-state index is 4.78. The van der Waals surface area contributed by atoms with Crippen LogP contribution in [-0.2, 0) is 5.41 Å². The summed E-state index contributed by atoms with van der Waals surface area (Å²) in [6.07, 6.45) is 13.9. The quantitative estimate of drug-likeness (QED) is 0.305. The molecule has 3 aliphatic carbocycles. The second-order valence-corrected chi connectivity index (χ2v) is 14.2. The van der Waals surface area contributed by atoms with Gasteiger partial charge in [-0.1, -0.05) is 152 Å². The summed E-state index contributed by atoms with van der Waals surface area (Å²) in [4.78, 5) is 0. The summed E-state index contributed by atoms with van der Waals surface area (Å²) < 4.78 is 0. The molecule has 0 spiro atoms. The van der Waals surface area contributed by atoms with E-state index in [9.17, 15) is 0 Å². The number of fused-ring (bicyclic) bond motifs is 1. The van der Waals surface area contributed by atoms with E-state index in [1.54, 1.807) is 5.57 Å². The molecule has 0 bridgehead atoms. The van der Waals surface area contributed by atoms with Crippen LogP contribution in [0.4, 0.5) is 0 Å². The van der Waals surface area contributed by atoms with Crippen LogP contribution < -0.4 is 0 Å². The van der Waals surface area contributed by atoms with E-state index in [0.717, 1.165) is 25.7 Å². The summed E-state index contributed by atoms with van der Waals surface area (Å²) in [7, 11) is 0. The van der Waals surface area contributed by atoms with E-state index in [0.29, 0.717) is 29.6 Å². The summed E-state index contributed by atoms with van der Waals surface area (Å²) in [5.74, 6) is 2.23. The molecule has 0 amide bonds. The van der Waals surface area contributed by atoms with Gasteiger partial charge >= 0.3 is 0 Å². The molecule has 2 aromatic rings. The number of hydrogen-bond acceptors (Lipinski definition) is 0. The van der Waals surface area contributed by atoms with E-state index in [-0.39, 0.29) is 5.41 Å². The first kappa shape index (κ1) is 29.4. The van der Waals surface area contributed by atoms with Gasteiger partial charge in [0.2, 0.25) is 0 Å². The van der Waals surface area contributed by atoms with Crippen LogP contribution in [0.1, 0.15) is 108 Å². The van der Waals surface area contributed by atoms with Crippen LogP contribution in [-0.4, -0.2) is 0 Å². The minimum absolute atomic E-state index is 0.155. The van der Waals surface area contributed by atoms with Crippen molar-refractivity contribution >= 4 is 5.57 Å². The predicted octanol–water partition coefficient (Wildman–Crippen LogP) is 11.7. The summed E-state index contributed by atoms with van der Waals surface area (Å²) >= 11 is 0. The first-order chi connectivity index (χ1) is 19.5. The molecule has 2 aromatic carbocycles. The van der Waals surface area contributed by atoms with Crippen molar-refractivity contribution in [3.63, 3.8) is 0 Å². The molecule has 4 atom stereocenters. The van der Waals surface area contributed by atoms with Crippen LogP contribution in [0.2, 0.25) is 0 Å². The zero-order valence-corrected chi connectivity index (χ0v) is 26.6. The van der Waals surface area contributed by atoms with Crippen molar-refractivity contribution in [3.05, 3.63) is 136 Å². The highest BCUT2D eigenvalue weighted by molar-refractivity contribution is 5.74. The molecule has 0 nitrogen and oxygen atoms in total. The molecular weight excluding hydrogens is 492 g/mol. The fourth-order valence-electron chi connectivity index (χ4n) is 7.46. The lowest BCUT2D eigenvalue weighted by atomic mass is 9.62. The molecule has 214 valence electrons. The number of allylic oxidation sites excluding steroid dienone is 10. The first-order valence-corrected chi connectivity index (χ1v) is 15.9. The minimum Gasteiger partial charge on any atom is -0.0995 e. The zero-order chi connectivity index (χ0) is 29.5. The van der Waals surface area contributed by atoms with Crippen molar-refractivity contribution in [1.29, 1.82) is 0 Å². The normalized spacial score (nSPS) is 25.3. The third kappa shape index (κ3) is 5.94. The summed E-state index contributed by atoms with van der Waals surface area (Å²) in [5.41, 5.74) is 14.3. The fourth-order valence-corrected chi connectivity index (χ4v) is 7.46. The Morgan fingerprint density at radius 2 is 1.76 bits per heavy atom. The Morgan fingerprint density at radius 1 is 1.02 bits per heavy atom. The van der Waals surface area contributed by atoms with E-state index in [1.165, 1.54) is 50.1 Å². The van der Waals surface area contributed by atoms with Crippen molar-refractivity contribution in [2.45, 2.75) is 91.4 Å². The second-order valence-electron chi connectivity index (χ2n) is 14.2. The van der Waals surface area contributed by atoms with Gasteiger partial charge in [-0.2, -0.15) is 0 Å². The number of rotatable bonds is 7. The SMILES string of the molecule is C=C1/C(=C\C2=CC=C(c3cccc(C(C)(C)C)c3)C2)CC2=CC(C)C(C(=C)CCC)C(c3ccc(C(C)C)cc3)C12. The third-order valence-electron chi connectivity index (χ3n) is 9.75. The molecule has 3 aliphatic rings. The molecule has 41 heavy (non-hydrogen) atoms. The minimum atomic E-state index is 0.155. The molecule has 0 aliphatic heterocycles. The molecule has 0 heterocycles. The van der Waals surface area contributed by atoms with Crippen molar-refractivity contribution in [2.75, 3.05) is 0 Å². The van der Waals surface area contributed by atoms with Gasteiger partial charge in [0, 0.05) is 11.8 Å². The topological polar surface area (TPSA) is 0 Å². The van der Waals surface area contributed by atoms with Gasteiger partial charge in [0.25, 0.3) is 0 Å². The molecule has 0 radical (unpaired) electrons. The molecule has 1 saturated carbocycles. The standard InChI is InChI=1S/C41H50/c1-10-12-27(4)38-28(5)21-36-24-35(29(6)39(36)40(38)32-19-17-31(18-20-32)26(2)3)23-30-15-16-34(22-30)33-13-11-14-37(25-33)41(7,8)9/h11,13-21,23,25-26,28,38-40H,4,6,10,12,22,24H2,1-3,5,7-9H3/b35-23-. The first-order valence-electron chi connectivity index (χ1n) is 15.9. The van der Waals surface area contributed by atoms with Gasteiger partial charge in [0.05, 0.1) is 0 Å². The van der Waals surface area contributed by atoms with Gasteiger partial charge < -0.3 is 0 Å². The number of hydrogen-bond donors (Lipinski definition) is 0. The van der Waals surface area contributed by atoms with Crippen LogP contribution in [0.25, 0.3) is 5.57 Å². The van der Waals surface area contributed by atoms with Crippen LogP contribution in [0.3, 0.4) is 0 Å². The van der Waals surface area contributed by atoms with Gasteiger partial charge in [0.1, 0.15) is 0 Å². The van der Waals surface area contributed by atoms with E-state index in [1.807, 2.05) is 0 Å². The van der Waals surface area contributed by atoms with E-state index >= 15 is 0 Å². The summed E-state index contributed by atoms with van der Waals surface area (Å²) in [6, 6.07) is 18.6. The maximum absolute atomic E-state index is 4.78. The van der Waals surface area contributed by atoms with Crippen LogP contribution in [0, 0.1) is 17.8 Å². The summed E-state index contributed by atoms with van der Waals surface area (Å²) in [5, 5.41) is 0. The smallest absolute Gasteiger partial charge is 0.0123 e. The molecule has 0 aromatic heterocycles. The van der Waals surface area contributed by atoms with Gasteiger partial charge in [-0.3, -0.25) is 0 Å². The molecule has 4 unspecified atom stereocenters. The Bertz CT molecular complexity index is 1440. The average Bonchev–Trinajstić information content (AvgIpc) is 3.52. The lowest BCUT2D eigenvalue weighted by molar-refractivity contribution is 0.322. The fraction of sp³-hybridized carbons (Fsp3) is 0.415. The van der Waals surface area contributed by atoms with Crippen LogP contribution in [0.15, 0.2) is 114 Å². The third-order valence-corrected chi connectivity index (χ3v) is 9.75. The number of benzene rings is 2. The highest BCUT2D eigenvalue weighted by Gasteiger charge is 2.45. The lowest BCUT2D eigenvalue weighted by Gasteiger charge is -2.41. The molecule has 0 heteroatoms. The predicted molar refractivity (Wildman–Crippen MR) is 179 cm³/mol. The Morgan fingerprint density at radius 3 is 2.41 bits per heavy atom. The van der Waals surface area contributed by atoms with Gasteiger partial charge in [-0.15, -0.1) is 0 Å². The Balaban J connectivity index is 1.42. The van der Waals surface area contributed by atoms with Gasteiger partial charge in [0.15, 0.2) is 0 Å². The van der Waals surface area contributed by atoms with Gasteiger partial charge in [-0.05, 0) is 87.0 Å². The largest absolute Gasteiger partial charge is 0.0995 e. The Hall–Kier alpha value is -3.12. The van der Waals surface area contributed by atoms with Crippen LogP contribution >= 0.6 is 0 Å². The lowest BCUT2D eigenvalue weighted by Crippen LogP contribution is -2.31. The van der Waals surface area contributed by atoms with Crippen LogP contribution in [0.5, 0.6) is 0 Å². The molecule has 0 N–H and O–H groups in total.